The number of nitrogens with one attached hydrogen (secondary N) is 2. The number of methoxy groups -OCH3 is 1. The average Bonchev–Trinajstić information content (AvgIpc) is 2.79. The SMILES string of the molecule is COc1ccccc1C(CNC(=O)Nc1cc(C(F)(F)F)cc(C(F)(F)F)c1)N1CCN(C)CC1. The molecule has 1 aliphatic rings. The van der Waals surface area contributed by atoms with Crippen LogP contribution in [0.15, 0.2) is 42.5 Å². The average molecular weight is 504 g/mol. The van der Waals surface area contributed by atoms with Crippen LogP contribution in [-0.4, -0.2) is 62.7 Å². The molecule has 1 unspecified atom stereocenters. The zero-order valence-corrected chi connectivity index (χ0v) is 19.1. The summed E-state index contributed by atoms with van der Waals surface area (Å²) in [5.41, 5.74) is -2.82. The Kier molecular flexibility index (Phi) is 8.16. The van der Waals surface area contributed by atoms with E-state index in [2.05, 4.69) is 20.4 Å². The van der Waals surface area contributed by atoms with Crippen molar-refractivity contribution in [3.63, 3.8) is 0 Å². The van der Waals surface area contributed by atoms with E-state index in [1.807, 2.05) is 19.2 Å². The van der Waals surface area contributed by atoms with Crippen molar-refractivity contribution < 1.29 is 35.9 Å². The fourth-order valence-electron chi connectivity index (χ4n) is 3.90. The second-order valence-electron chi connectivity index (χ2n) is 8.23. The zero-order chi connectivity index (χ0) is 25.8. The second kappa shape index (κ2) is 10.7. The van der Waals surface area contributed by atoms with Crippen molar-refractivity contribution in [3.05, 3.63) is 59.2 Å². The van der Waals surface area contributed by atoms with Crippen LogP contribution in [0.1, 0.15) is 22.7 Å². The van der Waals surface area contributed by atoms with Gasteiger partial charge in [0.05, 0.1) is 24.3 Å². The Labute approximate surface area is 198 Å². The molecule has 1 saturated heterocycles. The molecule has 0 bridgehead atoms. The molecule has 0 radical (unpaired) electrons. The number of anilines is 1. The van der Waals surface area contributed by atoms with E-state index in [1.165, 1.54) is 7.11 Å². The number of para-hydroxylation sites is 1. The van der Waals surface area contributed by atoms with Gasteiger partial charge in [-0.15, -0.1) is 0 Å². The standard InChI is InChI=1S/C23H26F6N4O2/c1-32-7-9-33(10-8-32)19(18-5-3-4-6-20(18)35-2)14-30-21(34)31-17-12-15(22(24,25)26)11-16(13-17)23(27,28)29/h3-6,11-13,19H,7-10,14H2,1-2H3,(H2,30,31,34). The molecule has 1 atom stereocenters. The third kappa shape index (κ3) is 7.01. The van der Waals surface area contributed by atoms with Crippen molar-refractivity contribution in [1.29, 1.82) is 0 Å². The Bertz CT molecular complexity index is 988. The van der Waals surface area contributed by atoms with Crippen molar-refractivity contribution >= 4 is 11.7 Å². The Hall–Kier alpha value is -2.99. The number of nitrogens with zero attached hydrogens (tertiary/aromatic N) is 2. The first kappa shape index (κ1) is 26.6. The fourth-order valence-corrected chi connectivity index (χ4v) is 3.90. The third-order valence-corrected chi connectivity index (χ3v) is 5.78. The van der Waals surface area contributed by atoms with Gasteiger partial charge in [0, 0.05) is 44.0 Å². The number of alkyl halides is 6. The Morgan fingerprint density at radius 3 is 2.09 bits per heavy atom. The van der Waals surface area contributed by atoms with Crippen LogP contribution in [0.2, 0.25) is 0 Å². The van der Waals surface area contributed by atoms with Crippen molar-refractivity contribution in [3.8, 4) is 5.75 Å². The number of rotatable bonds is 6. The molecular formula is C23H26F6N4O2. The number of likely N-dealkylation sites (N-methyl/N-ethyl adjacent to an activating group) is 1. The van der Waals surface area contributed by atoms with E-state index in [1.54, 1.807) is 12.1 Å². The smallest absolute Gasteiger partial charge is 0.416 e. The lowest BCUT2D eigenvalue weighted by molar-refractivity contribution is -0.143. The molecule has 2 amide bonds. The Morgan fingerprint density at radius 1 is 0.971 bits per heavy atom. The van der Waals surface area contributed by atoms with Crippen LogP contribution in [0.3, 0.4) is 0 Å². The molecule has 0 saturated carbocycles. The molecule has 2 N–H and O–H groups in total. The molecular weight excluding hydrogens is 478 g/mol. The van der Waals surface area contributed by atoms with Crippen LogP contribution < -0.4 is 15.4 Å². The molecule has 1 heterocycles. The summed E-state index contributed by atoms with van der Waals surface area (Å²) in [5.74, 6) is 0.603. The van der Waals surface area contributed by atoms with Gasteiger partial charge < -0.3 is 20.3 Å². The number of ether oxygens (including phenoxy) is 1. The summed E-state index contributed by atoms with van der Waals surface area (Å²) >= 11 is 0. The van der Waals surface area contributed by atoms with E-state index in [4.69, 9.17) is 4.74 Å². The molecule has 0 spiro atoms. The maximum absolute atomic E-state index is 13.1. The van der Waals surface area contributed by atoms with Crippen LogP contribution in [0.25, 0.3) is 0 Å². The van der Waals surface area contributed by atoms with Crippen LogP contribution in [0.5, 0.6) is 5.75 Å². The first-order chi connectivity index (χ1) is 16.4. The van der Waals surface area contributed by atoms with E-state index in [0.29, 0.717) is 31.0 Å². The highest BCUT2D eigenvalue weighted by atomic mass is 19.4. The van der Waals surface area contributed by atoms with Crippen molar-refractivity contribution in [2.75, 3.05) is 52.2 Å². The summed E-state index contributed by atoms with van der Waals surface area (Å²) in [6.07, 6.45) is -10.0. The Morgan fingerprint density at radius 2 is 1.54 bits per heavy atom. The molecule has 12 heteroatoms. The minimum absolute atomic E-state index is 0.00810. The topological polar surface area (TPSA) is 56.8 Å². The number of hydrogen-bond donors (Lipinski definition) is 2. The molecule has 6 nitrogen and oxygen atoms in total. The highest BCUT2D eigenvalue weighted by molar-refractivity contribution is 5.89. The normalized spacial score (nSPS) is 16.6. The monoisotopic (exact) mass is 504 g/mol. The molecule has 0 aromatic heterocycles. The summed E-state index contributed by atoms with van der Waals surface area (Å²) in [4.78, 5) is 16.8. The van der Waals surface area contributed by atoms with Crippen LogP contribution in [0.4, 0.5) is 36.8 Å². The van der Waals surface area contributed by atoms with E-state index in [9.17, 15) is 31.1 Å². The fraction of sp³-hybridized carbons (Fsp3) is 0.435. The van der Waals surface area contributed by atoms with E-state index >= 15 is 0 Å². The van der Waals surface area contributed by atoms with Crippen LogP contribution in [0, 0.1) is 0 Å². The summed E-state index contributed by atoms with van der Waals surface area (Å²) in [5, 5.41) is 4.69. The maximum atomic E-state index is 13.1. The number of amides is 2. The van der Waals surface area contributed by atoms with E-state index in [0.717, 1.165) is 18.7 Å². The first-order valence-electron chi connectivity index (χ1n) is 10.8. The van der Waals surface area contributed by atoms with Gasteiger partial charge in [-0.2, -0.15) is 26.3 Å². The van der Waals surface area contributed by atoms with Gasteiger partial charge in [-0.1, -0.05) is 18.2 Å². The summed E-state index contributed by atoms with van der Waals surface area (Å²) in [7, 11) is 3.51. The van der Waals surface area contributed by atoms with E-state index in [-0.39, 0.29) is 18.7 Å². The summed E-state index contributed by atoms with van der Waals surface area (Å²) < 4.78 is 84.1. The summed E-state index contributed by atoms with van der Waals surface area (Å²) in [6, 6.07) is 6.94. The lowest BCUT2D eigenvalue weighted by Crippen LogP contribution is -2.49. The number of carbonyl (C=O) groups is 1. The van der Waals surface area contributed by atoms with Gasteiger partial charge in [0.2, 0.25) is 0 Å². The largest absolute Gasteiger partial charge is 0.496 e. The van der Waals surface area contributed by atoms with Gasteiger partial charge in [0.1, 0.15) is 5.75 Å². The van der Waals surface area contributed by atoms with Gasteiger partial charge in [0.15, 0.2) is 0 Å². The summed E-state index contributed by atoms with van der Waals surface area (Å²) in [6.45, 7) is 3.04. The molecule has 1 fully saturated rings. The number of piperazine rings is 1. The van der Waals surface area contributed by atoms with Crippen molar-refractivity contribution in [1.82, 2.24) is 15.1 Å². The third-order valence-electron chi connectivity index (χ3n) is 5.78. The lowest BCUT2D eigenvalue weighted by Gasteiger charge is -2.38. The number of halogens is 6. The van der Waals surface area contributed by atoms with Gasteiger partial charge in [-0.05, 0) is 31.3 Å². The number of urea groups is 1. The van der Waals surface area contributed by atoms with Crippen LogP contribution >= 0.6 is 0 Å². The molecule has 192 valence electrons. The highest BCUT2D eigenvalue weighted by Crippen LogP contribution is 2.37. The number of carbonyl (C=O) groups excluding carboxylic acids is 1. The van der Waals surface area contributed by atoms with Crippen molar-refractivity contribution in [2.24, 2.45) is 0 Å². The molecule has 0 aliphatic carbocycles. The van der Waals surface area contributed by atoms with Gasteiger partial charge in [-0.3, -0.25) is 4.90 Å². The molecule has 35 heavy (non-hydrogen) atoms. The molecule has 2 aromatic carbocycles. The zero-order valence-electron chi connectivity index (χ0n) is 19.1. The number of benzene rings is 2. The highest BCUT2D eigenvalue weighted by Gasteiger charge is 2.37. The minimum Gasteiger partial charge on any atom is -0.496 e. The van der Waals surface area contributed by atoms with Crippen LogP contribution in [-0.2, 0) is 12.4 Å². The number of hydrogen-bond acceptors (Lipinski definition) is 4. The lowest BCUT2D eigenvalue weighted by atomic mass is 10.0. The van der Waals surface area contributed by atoms with E-state index < -0.39 is 35.2 Å². The Balaban J connectivity index is 1.79. The molecule has 2 aromatic rings. The maximum Gasteiger partial charge on any atom is 0.416 e. The minimum atomic E-state index is -5.01. The van der Waals surface area contributed by atoms with Gasteiger partial charge >= 0.3 is 18.4 Å². The molecule has 3 rings (SSSR count). The van der Waals surface area contributed by atoms with Crippen molar-refractivity contribution in [2.45, 2.75) is 18.4 Å². The predicted molar refractivity (Wildman–Crippen MR) is 118 cm³/mol. The second-order valence-corrected chi connectivity index (χ2v) is 8.23. The quantitative estimate of drug-likeness (QED) is 0.553. The molecule has 1 aliphatic heterocycles. The van der Waals surface area contributed by atoms with Gasteiger partial charge in [-0.25, -0.2) is 4.79 Å². The first-order valence-corrected chi connectivity index (χ1v) is 10.8. The van der Waals surface area contributed by atoms with Gasteiger partial charge in [0.25, 0.3) is 0 Å². The predicted octanol–water partition coefficient (Wildman–Crippen LogP) is 4.84.